The summed E-state index contributed by atoms with van der Waals surface area (Å²) < 4.78 is 0. The van der Waals surface area contributed by atoms with E-state index < -0.39 is 0 Å². The fourth-order valence-corrected chi connectivity index (χ4v) is 1.44. The molecule has 0 spiro atoms. The molecule has 0 saturated carbocycles. The molecule has 16 heavy (non-hydrogen) atoms. The molecule has 1 amide bonds. The maximum absolute atomic E-state index is 11.7. The van der Waals surface area contributed by atoms with Crippen LogP contribution in [0.2, 0.25) is 0 Å². The van der Waals surface area contributed by atoms with Gasteiger partial charge in [0, 0.05) is 19.1 Å². The predicted octanol–water partition coefficient (Wildman–Crippen LogP) is 0.818. The number of nitrogens with two attached hydrogens (primary N) is 1. The minimum absolute atomic E-state index is 0.100. The lowest BCUT2D eigenvalue weighted by Crippen LogP contribution is -2.44. The van der Waals surface area contributed by atoms with E-state index in [1.165, 1.54) is 0 Å². The molecule has 0 rings (SSSR count). The van der Waals surface area contributed by atoms with Crippen LogP contribution in [0.25, 0.3) is 0 Å². The molecule has 0 fully saturated rings. The Balaban J connectivity index is 3.98. The largest absolute Gasteiger partial charge is 0.352 e. The third-order valence-corrected chi connectivity index (χ3v) is 2.74. The average Bonchev–Trinajstić information content (AvgIpc) is 2.17. The van der Waals surface area contributed by atoms with E-state index in [2.05, 4.69) is 31.0 Å². The van der Waals surface area contributed by atoms with Gasteiger partial charge >= 0.3 is 0 Å². The number of hydrogen-bond donors (Lipinski definition) is 2. The number of carbonyl (C=O) groups is 1. The molecule has 0 aliphatic heterocycles. The number of nitrogens with one attached hydrogen (secondary N) is 1. The SMILES string of the molecule is CCCN(CCN)CC(=O)NC(C)C(C)C. The average molecular weight is 229 g/mol. The fraction of sp³-hybridized carbons (Fsp3) is 0.917. The lowest BCUT2D eigenvalue weighted by molar-refractivity contribution is -0.123. The van der Waals surface area contributed by atoms with Crippen LogP contribution in [0.5, 0.6) is 0 Å². The van der Waals surface area contributed by atoms with Crippen molar-refractivity contribution in [3.05, 3.63) is 0 Å². The Morgan fingerprint density at radius 1 is 1.31 bits per heavy atom. The van der Waals surface area contributed by atoms with Gasteiger partial charge in [-0.3, -0.25) is 9.69 Å². The van der Waals surface area contributed by atoms with Crippen molar-refractivity contribution in [1.82, 2.24) is 10.2 Å². The van der Waals surface area contributed by atoms with Gasteiger partial charge in [0.1, 0.15) is 0 Å². The summed E-state index contributed by atoms with van der Waals surface area (Å²) in [4.78, 5) is 13.8. The Morgan fingerprint density at radius 2 is 1.94 bits per heavy atom. The van der Waals surface area contributed by atoms with E-state index in [1.807, 2.05) is 6.92 Å². The Labute approximate surface area is 99.6 Å². The molecule has 1 unspecified atom stereocenters. The summed E-state index contributed by atoms with van der Waals surface area (Å²) >= 11 is 0. The van der Waals surface area contributed by atoms with Crippen LogP contribution in [0.4, 0.5) is 0 Å². The van der Waals surface area contributed by atoms with Crippen molar-refractivity contribution < 1.29 is 4.79 Å². The second-order valence-electron chi connectivity index (χ2n) is 4.67. The van der Waals surface area contributed by atoms with E-state index in [1.54, 1.807) is 0 Å². The molecule has 0 radical (unpaired) electrons. The summed E-state index contributed by atoms with van der Waals surface area (Å²) in [5.41, 5.74) is 5.51. The van der Waals surface area contributed by atoms with Crippen molar-refractivity contribution in [2.24, 2.45) is 11.7 Å². The summed E-state index contributed by atoms with van der Waals surface area (Å²) in [6, 6.07) is 0.230. The Hall–Kier alpha value is -0.610. The third kappa shape index (κ3) is 6.80. The van der Waals surface area contributed by atoms with Gasteiger partial charge in [-0.15, -0.1) is 0 Å². The lowest BCUT2D eigenvalue weighted by atomic mass is 10.1. The molecule has 0 aromatic rings. The van der Waals surface area contributed by atoms with Gasteiger partial charge in [-0.2, -0.15) is 0 Å². The highest BCUT2D eigenvalue weighted by Gasteiger charge is 2.13. The minimum atomic E-state index is 0.100. The third-order valence-electron chi connectivity index (χ3n) is 2.74. The van der Waals surface area contributed by atoms with Crippen molar-refractivity contribution in [2.45, 2.75) is 40.2 Å². The number of amides is 1. The van der Waals surface area contributed by atoms with Crippen LogP contribution in [0.15, 0.2) is 0 Å². The highest BCUT2D eigenvalue weighted by molar-refractivity contribution is 5.78. The van der Waals surface area contributed by atoms with Gasteiger partial charge in [0.25, 0.3) is 0 Å². The van der Waals surface area contributed by atoms with Crippen LogP contribution in [0, 0.1) is 5.92 Å². The van der Waals surface area contributed by atoms with Crippen molar-refractivity contribution in [1.29, 1.82) is 0 Å². The van der Waals surface area contributed by atoms with Gasteiger partial charge in [-0.25, -0.2) is 0 Å². The second kappa shape index (κ2) is 8.53. The number of nitrogens with zero attached hydrogens (tertiary/aromatic N) is 1. The monoisotopic (exact) mass is 229 g/mol. The lowest BCUT2D eigenvalue weighted by Gasteiger charge is -2.23. The van der Waals surface area contributed by atoms with Crippen molar-refractivity contribution >= 4 is 5.91 Å². The van der Waals surface area contributed by atoms with Crippen LogP contribution in [0.1, 0.15) is 34.1 Å². The molecule has 4 heteroatoms. The van der Waals surface area contributed by atoms with E-state index in [9.17, 15) is 4.79 Å². The zero-order valence-corrected chi connectivity index (χ0v) is 11.1. The molecule has 0 aliphatic carbocycles. The van der Waals surface area contributed by atoms with Crippen LogP contribution < -0.4 is 11.1 Å². The predicted molar refractivity (Wildman–Crippen MR) is 68.2 cm³/mol. The van der Waals surface area contributed by atoms with Crippen LogP contribution >= 0.6 is 0 Å². The number of hydrogen-bond acceptors (Lipinski definition) is 3. The smallest absolute Gasteiger partial charge is 0.234 e. The molecule has 1 atom stereocenters. The van der Waals surface area contributed by atoms with Gasteiger partial charge in [0.2, 0.25) is 5.91 Å². The van der Waals surface area contributed by atoms with Gasteiger partial charge < -0.3 is 11.1 Å². The molecule has 0 heterocycles. The zero-order chi connectivity index (χ0) is 12.6. The molecule has 0 saturated heterocycles. The molecular weight excluding hydrogens is 202 g/mol. The molecule has 0 aliphatic rings. The van der Waals surface area contributed by atoms with E-state index >= 15 is 0 Å². The summed E-state index contributed by atoms with van der Waals surface area (Å²) in [6.07, 6.45) is 1.05. The summed E-state index contributed by atoms with van der Waals surface area (Å²) in [5.74, 6) is 0.571. The van der Waals surface area contributed by atoms with Crippen molar-refractivity contribution in [3.8, 4) is 0 Å². The van der Waals surface area contributed by atoms with E-state index in [-0.39, 0.29) is 11.9 Å². The summed E-state index contributed by atoms with van der Waals surface area (Å²) in [5, 5.41) is 3.01. The molecule has 0 bridgehead atoms. The summed E-state index contributed by atoms with van der Waals surface area (Å²) in [6.45, 7) is 11.1. The minimum Gasteiger partial charge on any atom is -0.352 e. The molecule has 0 aromatic heterocycles. The van der Waals surface area contributed by atoms with Crippen LogP contribution in [-0.4, -0.2) is 43.0 Å². The molecule has 3 N–H and O–H groups in total. The maximum Gasteiger partial charge on any atom is 0.234 e. The maximum atomic E-state index is 11.7. The van der Waals surface area contributed by atoms with E-state index in [4.69, 9.17) is 5.73 Å². The van der Waals surface area contributed by atoms with Crippen molar-refractivity contribution in [3.63, 3.8) is 0 Å². The first-order valence-corrected chi connectivity index (χ1v) is 6.23. The van der Waals surface area contributed by atoms with Gasteiger partial charge in [-0.05, 0) is 25.8 Å². The van der Waals surface area contributed by atoms with Crippen LogP contribution in [0.3, 0.4) is 0 Å². The Bertz CT molecular complexity index is 189. The van der Waals surface area contributed by atoms with Crippen LogP contribution in [-0.2, 0) is 4.79 Å². The number of rotatable bonds is 8. The normalized spacial score (nSPS) is 13.2. The van der Waals surface area contributed by atoms with Gasteiger partial charge in [0.15, 0.2) is 0 Å². The highest BCUT2D eigenvalue weighted by atomic mass is 16.2. The first-order chi connectivity index (χ1) is 7.51. The fourth-order valence-electron chi connectivity index (χ4n) is 1.44. The second-order valence-corrected chi connectivity index (χ2v) is 4.67. The molecule has 4 nitrogen and oxygen atoms in total. The van der Waals surface area contributed by atoms with E-state index in [0.717, 1.165) is 19.5 Å². The van der Waals surface area contributed by atoms with Gasteiger partial charge in [-0.1, -0.05) is 20.8 Å². The van der Waals surface area contributed by atoms with Crippen molar-refractivity contribution in [2.75, 3.05) is 26.2 Å². The van der Waals surface area contributed by atoms with Gasteiger partial charge in [0.05, 0.1) is 6.54 Å². The van der Waals surface area contributed by atoms with E-state index in [0.29, 0.717) is 19.0 Å². The standard InChI is InChI=1S/C12H27N3O/c1-5-7-15(8-6-13)9-12(16)14-11(4)10(2)3/h10-11H,5-9,13H2,1-4H3,(H,14,16). The first kappa shape index (κ1) is 15.4. The zero-order valence-electron chi connectivity index (χ0n) is 11.1. The topological polar surface area (TPSA) is 58.4 Å². The quantitative estimate of drug-likeness (QED) is 0.648. The number of carbonyl (C=O) groups excluding carboxylic acids is 1. The highest BCUT2D eigenvalue weighted by Crippen LogP contribution is 1.99. The Morgan fingerprint density at radius 3 is 2.38 bits per heavy atom. The summed E-state index contributed by atoms with van der Waals surface area (Å²) in [7, 11) is 0. The Kier molecular flexibility index (Phi) is 8.21. The molecule has 96 valence electrons. The molecular formula is C12H27N3O. The first-order valence-electron chi connectivity index (χ1n) is 6.23. The molecule has 0 aromatic carbocycles.